The Morgan fingerprint density at radius 1 is 0.576 bits per heavy atom. The van der Waals surface area contributed by atoms with Gasteiger partial charge in [-0.25, -0.2) is 0 Å². The molecule has 323 valence electrons. The summed E-state index contributed by atoms with van der Waals surface area (Å²) in [6.07, 6.45) is 5.61. The van der Waals surface area contributed by atoms with Gasteiger partial charge in [0.1, 0.15) is 0 Å². The second-order valence-corrected chi connectivity index (χ2v) is 18.1. The van der Waals surface area contributed by atoms with Crippen molar-refractivity contribution in [3.8, 4) is 45.1 Å². The van der Waals surface area contributed by atoms with Crippen molar-refractivity contribution in [2.45, 2.75) is 39.5 Å². The Bertz CT molecular complexity index is 3540. The summed E-state index contributed by atoms with van der Waals surface area (Å²) in [6.45, 7) is 9.19. The second kappa shape index (κ2) is 18.1. The second-order valence-electron chi connectivity index (χ2n) is 17.0. The first-order valence-electron chi connectivity index (χ1n) is 22.2. The van der Waals surface area contributed by atoms with Crippen molar-refractivity contribution in [2.75, 3.05) is 0 Å². The van der Waals surface area contributed by atoms with Gasteiger partial charge in [-0.3, -0.25) is 9.97 Å². The molecular weight excluding hydrogens is 1000 g/mol. The number of hydrogen-bond donors (Lipinski definition) is 0. The average molecular weight is 1050 g/mol. The Balaban J connectivity index is 0.000000342. The number of benzene rings is 7. The van der Waals surface area contributed by atoms with Gasteiger partial charge in [-0.2, -0.15) is 11.3 Å². The Labute approximate surface area is 402 Å². The van der Waals surface area contributed by atoms with Crippen molar-refractivity contribution in [2.24, 2.45) is 0 Å². The topological polar surface area (TPSA) is 48.5 Å². The van der Waals surface area contributed by atoms with Crippen molar-refractivity contribution in [3.63, 3.8) is 0 Å². The average Bonchev–Trinajstić information content (AvgIpc) is 4.05. The third-order valence-electron chi connectivity index (χ3n) is 12.3. The van der Waals surface area contributed by atoms with Crippen molar-refractivity contribution in [3.05, 3.63) is 212 Å². The largest absolute Gasteiger partial charge is 0.350 e. The van der Waals surface area contributed by atoms with Gasteiger partial charge in [-0.05, 0) is 98.0 Å². The van der Waals surface area contributed by atoms with E-state index in [1.807, 2.05) is 72.3 Å². The van der Waals surface area contributed by atoms with Crippen molar-refractivity contribution in [1.29, 1.82) is 0 Å². The minimum absolute atomic E-state index is 0. The van der Waals surface area contributed by atoms with Gasteiger partial charge in [0, 0.05) is 64.7 Å². The van der Waals surface area contributed by atoms with Crippen LogP contribution in [-0.2, 0) is 20.1 Å². The van der Waals surface area contributed by atoms with Crippen LogP contribution in [0.25, 0.3) is 98.2 Å². The van der Waals surface area contributed by atoms with Gasteiger partial charge >= 0.3 is 0 Å². The molecule has 12 aromatic rings. The van der Waals surface area contributed by atoms with E-state index in [2.05, 4.69) is 180 Å². The SMILES string of the molecule is CC(C)c1cc(-c2ccccc2)cc(C(C)C)c1-n1c(-c2[c-]cc(-n3c4ccccc4c4ccccc43)c3c2sc2ccccc23)nc2ccncc21.[Ir].[c-]1ccccc1-c1ccccn1. The molecule has 0 saturated heterocycles. The number of thiophene rings is 1. The van der Waals surface area contributed by atoms with Gasteiger partial charge < -0.3 is 14.1 Å². The van der Waals surface area contributed by atoms with Gasteiger partial charge in [0.15, 0.2) is 0 Å². The molecule has 0 unspecified atom stereocenters. The molecule has 5 heterocycles. The van der Waals surface area contributed by atoms with E-state index in [-0.39, 0.29) is 31.9 Å². The smallest absolute Gasteiger partial charge is 0.0822 e. The molecule has 7 aromatic carbocycles. The van der Waals surface area contributed by atoms with Crippen molar-refractivity contribution < 1.29 is 20.1 Å². The summed E-state index contributed by atoms with van der Waals surface area (Å²) < 4.78 is 7.23. The van der Waals surface area contributed by atoms with Crippen LogP contribution in [0.2, 0.25) is 0 Å². The van der Waals surface area contributed by atoms with Gasteiger partial charge in [0.05, 0.1) is 23.1 Å². The monoisotopic (exact) mass is 1050 g/mol. The minimum Gasteiger partial charge on any atom is -0.350 e. The van der Waals surface area contributed by atoms with E-state index in [0.717, 1.165) is 39.4 Å². The zero-order valence-electron chi connectivity index (χ0n) is 37.0. The van der Waals surface area contributed by atoms with Gasteiger partial charge in [0.25, 0.3) is 0 Å². The Hall–Kier alpha value is -7.02. The number of aromatic nitrogens is 5. The molecule has 0 fully saturated rings. The normalized spacial score (nSPS) is 11.5. The molecule has 0 bridgehead atoms. The zero-order valence-corrected chi connectivity index (χ0v) is 40.2. The standard InChI is InChI=1S/C48H37N4S.C11H8N.Ir/c1-29(2)37-26-32(31-14-6-5-7-15-31)27-38(30(3)4)46(37)52-43-28-49-25-24-39(43)50-48(52)36-22-23-42(45-35-18-10-13-21-44(35)53-47(36)45)51-40-19-11-8-16-33(40)34-17-9-12-20-41(34)51;1-2-6-10(7-3-1)11-8-4-5-9-12-11;/h5-21,23-30H,1-4H3;1-6,8-9H;/q2*-1;. The van der Waals surface area contributed by atoms with Crippen LogP contribution < -0.4 is 0 Å². The maximum absolute atomic E-state index is 5.44. The third-order valence-corrected chi connectivity index (χ3v) is 13.5. The minimum atomic E-state index is 0. The molecule has 0 aliphatic rings. The summed E-state index contributed by atoms with van der Waals surface area (Å²) in [6, 6.07) is 66.7. The maximum Gasteiger partial charge on any atom is 0.0822 e. The number of hydrogen-bond acceptors (Lipinski definition) is 4. The van der Waals surface area contributed by atoms with Gasteiger partial charge in [-0.1, -0.05) is 136 Å². The molecule has 0 amide bonds. The summed E-state index contributed by atoms with van der Waals surface area (Å²) in [7, 11) is 0. The van der Waals surface area contributed by atoms with Crippen LogP contribution in [0.1, 0.15) is 50.7 Å². The summed E-state index contributed by atoms with van der Waals surface area (Å²) in [4.78, 5) is 14.3. The molecule has 12 rings (SSSR count). The summed E-state index contributed by atoms with van der Waals surface area (Å²) in [5.41, 5.74) is 14.6. The third kappa shape index (κ3) is 7.53. The van der Waals surface area contributed by atoms with E-state index < -0.39 is 0 Å². The predicted octanol–water partition coefficient (Wildman–Crippen LogP) is 15.8. The first-order valence-corrected chi connectivity index (χ1v) is 23.1. The molecule has 66 heavy (non-hydrogen) atoms. The van der Waals surface area contributed by atoms with Crippen LogP contribution in [0, 0.1) is 12.1 Å². The first-order chi connectivity index (χ1) is 31.9. The van der Waals surface area contributed by atoms with Gasteiger partial charge in [-0.15, -0.1) is 48.0 Å². The fraction of sp³-hybridized carbons (Fsp3) is 0.102. The molecule has 0 saturated carbocycles. The summed E-state index contributed by atoms with van der Waals surface area (Å²) >= 11 is 1.83. The molecule has 5 aromatic heterocycles. The molecule has 1 radical (unpaired) electrons. The van der Waals surface area contributed by atoms with Crippen molar-refractivity contribution in [1.82, 2.24) is 24.1 Å². The number of nitrogens with zero attached hydrogens (tertiary/aromatic N) is 5. The van der Waals surface area contributed by atoms with E-state index in [1.165, 1.54) is 69.9 Å². The van der Waals surface area contributed by atoms with E-state index in [1.54, 1.807) is 6.20 Å². The Morgan fingerprint density at radius 2 is 1.23 bits per heavy atom. The number of pyridine rings is 2. The van der Waals surface area contributed by atoms with Crippen LogP contribution in [0.15, 0.2) is 188 Å². The molecule has 0 aliphatic carbocycles. The molecule has 7 heteroatoms. The molecule has 0 aliphatic heterocycles. The zero-order chi connectivity index (χ0) is 44.0. The van der Waals surface area contributed by atoms with E-state index >= 15 is 0 Å². The number of para-hydroxylation sites is 2. The summed E-state index contributed by atoms with van der Waals surface area (Å²) in [5, 5.41) is 4.95. The summed E-state index contributed by atoms with van der Waals surface area (Å²) in [5.74, 6) is 1.41. The molecule has 0 spiro atoms. The van der Waals surface area contributed by atoms with Crippen LogP contribution in [0.5, 0.6) is 0 Å². The van der Waals surface area contributed by atoms with Crippen LogP contribution >= 0.6 is 11.3 Å². The van der Waals surface area contributed by atoms with Crippen LogP contribution in [-0.4, -0.2) is 24.1 Å². The van der Waals surface area contributed by atoms with Crippen LogP contribution in [0.3, 0.4) is 0 Å². The van der Waals surface area contributed by atoms with Crippen molar-refractivity contribution >= 4 is 64.3 Å². The Kier molecular flexibility index (Phi) is 11.8. The fourth-order valence-corrected chi connectivity index (χ4v) is 10.5. The fourth-order valence-electron chi connectivity index (χ4n) is 9.29. The quantitative estimate of drug-likeness (QED) is 0.149. The van der Waals surface area contributed by atoms with E-state index in [0.29, 0.717) is 0 Å². The molecule has 5 nitrogen and oxygen atoms in total. The van der Waals surface area contributed by atoms with Gasteiger partial charge in [0.2, 0.25) is 0 Å². The van der Waals surface area contributed by atoms with E-state index in [9.17, 15) is 0 Å². The number of fused-ring (bicyclic) bond motifs is 7. The van der Waals surface area contributed by atoms with E-state index in [4.69, 9.17) is 4.98 Å². The number of imidazole rings is 1. The Morgan fingerprint density at radius 3 is 1.89 bits per heavy atom. The predicted molar refractivity (Wildman–Crippen MR) is 272 cm³/mol. The molecule has 0 atom stereocenters. The molecule has 0 N–H and O–H groups in total. The maximum atomic E-state index is 5.44. The molecular formula is C59H45IrN5S-2. The van der Waals surface area contributed by atoms with Crippen LogP contribution in [0.4, 0.5) is 0 Å². The first kappa shape index (κ1) is 42.9. The number of rotatable bonds is 7.